The smallest absolute Gasteiger partial charge is 0.182 e. The van der Waals surface area contributed by atoms with Crippen molar-refractivity contribution in [3.8, 4) is 5.69 Å². The van der Waals surface area contributed by atoms with Gasteiger partial charge in [-0.2, -0.15) is 0 Å². The molecule has 0 amide bonds. The number of anilines is 2. The van der Waals surface area contributed by atoms with Gasteiger partial charge < -0.3 is 11.1 Å². The molecule has 0 bridgehead atoms. The fourth-order valence-corrected chi connectivity index (χ4v) is 3.26. The normalized spacial score (nSPS) is 15.1. The van der Waals surface area contributed by atoms with Crippen molar-refractivity contribution >= 4 is 37.4 Å². The van der Waals surface area contributed by atoms with E-state index < -0.39 is 9.84 Å². The van der Waals surface area contributed by atoms with E-state index in [1.165, 1.54) is 4.68 Å². The summed E-state index contributed by atoms with van der Waals surface area (Å²) in [6.45, 7) is 0. The number of nitrogen functional groups attached to an aromatic ring is 1. The molecule has 1 fully saturated rings. The highest BCUT2D eigenvalue weighted by molar-refractivity contribution is 9.10. The summed E-state index contributed by atoms with van der Waals surface area (Å²) in [6.07, 6.45) is 3.19. The average Bonchev–Trinajstić information content (AvgIpc) is 3.12. The minimum atomic E-state index is -3.46. The molecule has 0 aliphatic heterocycles. The molecule has 1 saturated carbocycles. The molecular formula is C13H15BrN4O2S. The quantitative estimate of drug-likeness (QED) is 0.860. The number of hydrogen-bond acceptors (Lipinski definition) is 5. The molecular weight excluding hydrogens is 356 g/mol. The Morgan fingerprint density at radius 1 is 1.33 bits per heavy atom. The van der Waals surface area contributed by atoms with Crippen LogP contribution in [-0.2, 0) is 9.84 Å². The van der Waals surface area contributed by atoms with E-state index >= 15 is 0 Å². The number of benzene rings is 1. The summed E-state index contributed by atoms with van der Waals surface area (Å²) < 4.78 is 26.4. The van der Waals surface area contributed by atoms with E-state index in [1.807, 2.05) is 24.3 Å². The van der Waals surface area contributed by atoms with Crippen LogP contribution in [0.15, 0.2) is 33.6 Å². The van der Waals surface area contributed by atoms with Gasteiger partial charge in [-0.15, -0.1) is 5.10 Å². The molecule has 112 valence electrons. The summed E-state index contributed by atoms with van der Waals surface area (Å²) in [5.41, 5.74) is 6.74. The highest BCUT2D eigenvalue weighted by Gasteiger charge is 2.29. The van der Waals surface area contributed by atoms with Crippen molar-refractivity contribution in [3.63, 3.8) is 0 Å². The number of rotatable bonds is 4. The molecule has 2 aromatic rings. The Balaban J connectivity index is 2.13. The highest BCUT2D eigenvalue weighted by atomic mass is 79.9. The first kappa shape index (κ1) is 14.4. The van der Waals surface area contributed by atoms with Crippen molar-refractivity contribution in [2.24, 2.45) is 0 Å². The third-order valence-corrected chi connectivity index (χ3v) is 4.91. The molecule has 1 aromatic heterocycles. The van der Waals surface area contributed by atoms with Crippen LogP contribution in [0, 0.1) is 0 Å². The molecule has 1 heterocycles. The van der Waals surface area contributed by atoms with E-state index in [2.05, 4.69) is 26.3 Å². The van der Waals surface area contributed by atoms with Gasteiger partial charge in [0.05, 0.1) is 5.69 Å². The van der Waals surface area contributed by atoms with Crippen molar-refractivity contribution < 1.29 is 8.42 Å². The van der Waals surface area contributed by atoms with Crippen molar-refractivity contribution in [2.75, 3.05) is 17.3 Å². The van der Waals surface area contributed by atoms with Crippen molar-refractivity contribution in [1.29, 1.82) is 0 Å². The Kier molecular flexibility index (Phi) is 3.45. The van der Waals surface area contributed by atoms with Gasteiger partial charge in [0.25, 0.3) is 0 Å². The van der Waals surface area contributed by atoms with Crippen molar-refractivity contribution in [2.45, 2.75) is 23.8 Å². The lowest BCUT2D eigenvalue weighted by atomic mass is 10.3. The van der Waals surface area contributed by atoms with Gasteiger partial charge in [0.1, 0.15) is 5.82 Å². The molecule has 1 aliphatic rings. The van der Waals surface area contributed by atoms with Crippen LogP contribution in [0.2, 0.25) is 0 Å². The maximum Gasteiger partial charge on any atom is 0.182 e. The number of aromatic nitrogens is 2. The molecule has 1 aromatic carbocycles. The molecule has 3 N–H and O–H groups in total. The summed E-state index contributed by atoms with van der Waals surface area (Å²) in [4.78, 5) is 0.0670. The Morgan fingerprint density at radius 2 is 1.95 bits per heavy atom. The predicted molar refractivity (Wildman–Crippen MR) is 85.4 cm³/mol. The molecule has 0 spiro atoms. The number of nitrogens with one attached hydrogen (secondary N) is 1. The second-order valence-electron chi connectivity index (χ2n) is 5.14. The van der Waals surface area contributed by atoms with Gasteiger partial charge in [-0.25, -0.2) is 13.1 Å². The van der Waals surface area contributed by atoms with Crippen molar-refractivity contribution in [3.05, 3.63) is 28.7 Å². The van der Waals surface area contributed by atoms with Gasteiger partial charge in [-0.3, -0.25) is 0 Å². The van der Waals surface area contributed by atoms with Crippen LogP contribution >= 0.6 is 15.9 Å². The maximum absolute atomic E-state index is 12.0. The van der Waals surface area contributed by atoms with Gasteiger partial charge in [0, 0.05) is 16.8 Å². The van der Waals surface area contributed by atoms with Gasteiger partial charge >= 0.3 is 0 Å². The Morgan fingerprint density at radius 3 is 2.48 bits per heavy atom. The van der Waals surface area contributed by atoms with Crippen LogP contribution in [0.25, 0.3) is 5.69 Å². The fraction of sp³-hybridized carbons (Fsp3) is 0.308. The van der Waals surface area contributed by atoms with E-state index in [4.69, 9.17) is 5.73 Å². The summed E-state index contributed by atoms with van der Waals surface area (Å²) in [7, 11) is -3.46. The van der Waals surface area contributed by atoms with E-state index in [0.29, 0.717) is 11.5 Å². The number of halogens is 1. The second kappa shape index (κ2) is 5.03. The lowest BCUT2D eigenvalue weighted by Crippen LogP contribution is -2.07. The molecule has 0 atom stereocenters. The zero-order chi connectivity index (χ0) is 15.2. The molecule has 8 heteroatoms. The SMILES string of the molecule is CS(=O)(=O)c1c(NC2CC2)nn(-c2ccc(Br)cc2)c1N. The largest absolute Gasteiger partial charge is 0.382 e. The number of hydrogen-bond donors (Lipinski definition) is 2. The number of nitrogens with zero attached hydrogens (tertiary/aromatic N) is 2. The van der Waals surface area contributed by atoms with Crippen LogP contribution in [0.4, 0.5) is 11.6 Å². The molecule has 0 radical (unpaired) electrons. The number of nitrogens with two attached hydrogens (primary N) is 1. The minimum Gasteiger partial charge on any atom is -0.382 e. The van der Waals surface area contributed by atoms with Crippen LogP contribution < -0.4 is 11.1 Å². The van der Waals surface area contributed by atoms with Crippen molar-refractivity contribution in [1.82, 2.24) is 9.78 Å². The summed E-state index contributed by atoms with van der Waals surface area (Å²) in [5, 5.41) is 7.48. The third-order valence-electron chi connectivity index (χ3n) is 3.24. The summed E-state index contributed by atoms with van der Waals surface area (Å²) in [6, 6.07) is 7.63. The topological polar surface area (TPSA) is 90.0 Å². The van der Waals surface area contributed by atoms with E-state index in [1.54, 1.807) is 0 Å². The summed E-state index contributed by atoms with van der Waals surface area (Å²) >= 11 is 3.36. The van der Waals surface area contributed by atoms with E-state index in [9.17, 15) is 8.42 Å². The van der Waals surface area contributed by atoms with Crippen LogP contribution in [0.5, 0.6) is 0 Å². The maximum atomic E-state index is 12.0. The van der Waals surface area contributed by atoms with E-state index in [0.717, 1.165) is 23.6 Å². The van der Waals surface area contributed by atoms with Gasteiger partial charge in [0.2, 0.25) is 0 Å². The first-order valence-electron chi connectivity index (χ1n) is 6.47. The Bertz CT molecular complexity index is 779. The highest BCUT2D eigenvalue weighted by Crippen LogP contribution is 2.33. The predicted octanol–water partition coefficient (Wildman–Crippen LogP) is 2.19. The van der Waals surface area contributed by atoms with E-state index in [-0.39, 0.29) is 16.8 Å². The first-order valence-corrected chi connectivity index (χ1v) is 9.16. The van der Waals surface area contributed by atoms with Crippen LogP contribution in [0.1, 0.15) is 12.8 Å². The first-order chi connectivity index (χ1) is 9.86. The minimum absolute atomic E-state index is 0.0670. The average molecular weight is 371 g/mol. The molecule has 0 unspecified atom stereocenters. The Hall–Kier alpha value is -1.54. The number of sulfone groups is 1. The van der Waals surface area contributed by atoms with Gasteiger partial charge in [-0.1, -0.05) is 15.9 Å². The fourth-order valence-electron chi connectivity index (χ4n) is 2.08. The van der Waals surface area contributed by atoms with Crippen LogP contribution in [0.3, 0.4) is 0 Å². The van der Waals surface area contributed by atoms with Crippen LogP contribution in [-0.4, -0.2) is 30.5 Å². The summed E-state index contributed by atoms with van der Waals surface area (Å²) in [5.74, 6) is 0.461. The standard InChI is InChI=1S/C13H15BrN4O2S/c1-21(19,20)11-12(15)18(10-6-2-8(14)3-7-10)17-13(11)16-9-4-5-9/h2-3,6-7,9H,4-5,15H2,1H3,(H,16,17). The molecule has 21 heavy (non-hydrogen) atoms. The second-order valence-corrected chi connectivity index (χ2v) is 8.01. The molecule has 1 aliphatic carbocycles. The molecule has 6 nitrogen and oxygen atoms in total. The molecule has 3 rings (SSSR count). The molecule has 0 saturated heterocycles. The Labute approximate surface area is 131 Å². The monoisotopic (exact) mass is 370 g/mol. The van der Waals surface area contributed by atoms with Gasteiger partial charge in [-0.05, 0) is 37.1 Å². The zero-order valence-corrected chi connectivity index (χ0v) is 13.8. The third kappa shape index (κ3) is 2.91. The van der Waals surface area contributed by atoms with Gasteiger partial charge in [0.15, 0.2) is 20.6 Å². The zero-order valence-electron chi connectivity index (χ0n) is 11.4. The lowest BCUT2D eigenvalue weighted by Gasteiger charge is -2.04. The lowest BCUT2D eigenvalue weighted by molar-refractivity contribution is 0.602.